The number of fused-ring (bicyclic) bond motifs is 1. The Morgan fingerprint density at radius 3 is 2.44 bits per heavy atom. The van der Waals surface area contributed by atoms with Crippen LogP contribution >= 0.6 is 0 Å². The lowest BCUT2D eigenvalue weighted by atomic mass is 9.89. The fourth-order valence-electron chi connectivity index (χ4n) is 5.79. The number of ketones is 1. The summed E-state index contributed by atoms with van der Waals surface area (Å²) in [6.07, 6.45) is 3.95. The van der Waals surface area contributed by atoms with E-state index in [1.165, 1.54) is 0 Å². The van der Waals surface area contributed by atoms with Gasteiger partial charge in [-0.1, -0.05) is 71.4 Å². The Bertz CT molecular complexity index is 1120. The molecule has 0 saturated carbocycles. The molecular formula is C34H54N2O6Si. The van der Waals surface area contributed by atoms with E-state index in [1.807, 2.05) is 37.3 Å². The number of nitrogens with zero attached hydrogens (tertiary/aromatic N) is 1. The van der Waals surface area contributed by atoms with Crippen LogP contribution in [0.2, 0.25) is 18.1 Å². The molecule has 0 aliphatic carbocycles. The van der Waals surface area contributed by atoms with Gasteiger partial charge in [-0.2, -0.15) is 0 Å². The van der Waals surface area contributed by atoms with E-state index in [4.69, 9.17) is 9.16 Å². The summed E-state index contributed by atoms with van der Waals surface area (Å²) in [5.74, 6) is -1.26. The normalized spacial score (nSPS) is 26.6. The lowest BCUT2D eigenvalue weighted by Gasteiger charge is -2.42. The van der Waals surface area contributed by atoms with Gasteiger partial charge >= 0.3 is 5.97 Å². The van der Waals surface area contributed by atoms with Crippen molar-refractivity contribution in [3.63, 3.8) is 0 Å². The molecule has 0 spiro atoms. The summed E-state index contributed by atoms with van der Waals surface area (Å²) in [5.41, 5.74) is 0.937. The van der Waals surface area contributed by atoms with Crippen LogP contribution in [0.5, 0.6) is 0 Å². The quantitative estimate of drug-likeness (QED) is 0.202. The van der Waals surface area contributed by atoms with Crippen LogP contribution in [-0.2, 0) is 34.8 Å². The molecule has 2 heterocycles. The van der Waals surface area contributed by atoms with E-state index in [1.54, 1.807) is 11.8 Å². The predicted octanol–water partition coefficient (Wildman–Crippen LogP) is 5.83. The second-order valence-corrected chi connectivity index (χ2v) is 19.0. The zero-order valence-electron chi connectivity index (χ0n) is 27.6. The Hall–Kier alpha value is -2.52. The third-order valence-electron chi connectivity index (χ3n) is 9.73. The number of amides is 2. The number of Topliss-reactive ketones (excluding diaryl/α,β-unsaturated/α-hetero) is 1. The van der Waals surface area contributed by atoms with Gasteiger partial charge < -0.3 is 24.2 Å². The highest BCUT2D eigenvalue weighted by molar-refractivity contribution is 6.74. The maximum Gasteiger partial charge on any atom is 0.329 e. The molecule has 1 N–H and O–H groups in total. The SMILES string of the molecule is CC(=O)CCCC[C@H](C)[C@H]1C[C@H](O[Si](C)(C)C(C)(C)C)[C@@H](C)C(=O)N[C@H](Cc2ccccc2)C(=O)N2CCC[C@H]2C(=O)O1. The van der Waals surface area contributed by atoms with Crippen LogP contribution in [0.4, 0.5) is 0 Å². The van der Waals surface area contributed by atoms with Crippen molar-refractivity contribution in [1.29, 1.82) is 0 Å². The van der Waals surface area contributed by atoms with Gasteiger partial charge in [-0.15, -0.1) is 0 Å². The first-order valence-corrected chi connectivity index (χ1v) is 19.0. The van der Waals surface area contributed by atoms with E-state index in [2.05, 4.69) is 46.1 Å². The maximum atomic E-state index is 14.0. The molecular weight excluding hydrogens is 560 g/mol. The van der Waals surface area contributed by atoms with Gasteiger partial charge in [0.05, 0.1) is 12.0 Å². The number of rotatable bonds is 10. The fourth-order valence-corrected chi connectivity index (χ4v) is 7.20. The predicted molar refractivity (Wildman–Crippen MR) is 171 cm³/mol. The van der Waals surface area contributed by atoms with Gasteiger partial charge in [0.2, 0.25) is 11.8 Å². The minimum Gasteiger partial charge on any atom is -0.460 e. The standard InChI is InChI=1S/C34H54N2O6Si/c1-23(15-12-13-16-24(2)37)29-22-30(42-43(7,8)34(4,5)6)25(3)31(38)35-27(21-26-17-10-9-11-18-26)32(39)36-20-14-19-28(36)33(40)41-29/h9-11,17-18,23,25,27-30H,12-16,19-22H2,1-8H3,(H,35,38)/t23-,25+,27+,28-,29+,30-/m0/s1. The third-order valence-corrected chi connectivity index (χ3v) is 14.2. The summed E-state index contributed by atoms with van der Waals surface area (Å²) in [4.78, 5) is 54.8. The number of benzene rings is 1. The number of carbonyl (C=O) groups is 4. The number of cyclic esters (lactones) is 1. The zero-order chi connectivity index (χ0) is 31.9. The Kier molecular flexibility index (Phi) is 12.2. The minimum atomic E-state index is -2.33. The van der Waals surface area contributed by atoms with E-state index in [9.17, 15) is 19.2 Å². The third kappa shape index (κ3) is 9.48. The Balaban J connectivity index is 1.98. The van der Waals surface area contributed by atoms with Crippen molar-refractivity contribution in [2.45, 2.75) is 135 Å². The minimum absolute atomic E-state index is 0.00370. The molecule has 43 heavy (non-hydrogen) atoms. The van der Waals surface area contributed by atoms with Crippen LogP contribution in [-0.4, -0.2) is 67.6 Å². The molecule has 0 unspecified atom stereocenters. The molecule has 2 aliphatic heterocycles. The molecule has 0 bridgehead atoms. The summed E-state index contributed by atoms with van der Waals surface area (Å²) in [5, 5.41) is 2.99. The topological polar surface area (TPSA) is 102 Å². The van der Waals surface area contributed by atoms with Gasteiger partial charge in [0.25, 0.3) is 0 Å². The largest absolute Gasteiger partial charge is 0.460 e. The molecule has 1 aromatic carbocycles. The average Bonchev–Trinajstić information content (AvgIpc) is 3.42. The highest BCUT2D eigenvalue weighted by Gasteiger charge is 2.45. The average molecular weight is 615 g/mol. The van der Waals surface area contributed by atoms with Crippen molar-refractivity contribution in [1.82, 2.24) is 10.2 Å². The van der Waals surface area contributed by atoms with Gasteiger partial charge in [0.1, 0.15) is 24.0 Å². The first kappa shape index (κ1) is 35.0. The number of carbonyl (C=O) groups excluding carboxylic acids is 4. The smallest absolute Gasteiger partial charge is 0.329 e. The summed E-state index contributed by atoms with van der Waals surface area (Å²) in [7, 11) is -2.33. The van der Waals surface area contributed by atoms with E-state index in [0.29, 0.717) is 38.6 Å². The van der Waals surface area contributed by atoms with Crippen LogP contribution in [0.15, 0.2) is 30.3 Å². The lowest BCUT2D eigenvalue weighted by Crippen LogP contribution is -2.56. The van der Waals surface area contributed by atoms with Gasteiger partial charge in [-0.25, -0.2) is 4.79 Å². The van der Waals surface area contributed by atoms with Crippen LogP contribution in [0, 0.1) is 11.8 Å². The molecule has 2 fully saturated rings. The molecule has 9 heteroatoms. The number of hydrogen-bond acceptors (Lipinski definition) is 6. The summed E-state index contributed by atoms with van der Waals surface area (Å²) >= 11 is 0. The Morgan fingerprint density at radius 2 is 1.81 bits per heavy atom. The number of esters is 1. The van der Waals surface area contributed by atoms with E-state index < -0.39 is 38.5 Å². The van der Waals surface area contributed by atoms with E-state index >= 15 is 0 Å². The summed E-state index contributed by atoms with van der Waals surface area (Å²) < 4.78 is 13.2. The Labute approximate surface area is 259 Å². The van der Waals surface area contributed by atoms with Gasteiger partial charge in [0.15, 0.2) is 8.32 Å². The number of unbranched alkanes of at least 4 members (excludes halogenated alkanes) is 1. The van der Waals surface area contributed by atoms with Crippen LogP contribution in [0.25, 0.3) is 0 Å². The molecule has 0 aromatic heterocycles. The van der Waals surface area contributed by atoms with E-state index in [-0.39, 0.29) is 34.5 Å². The van der Waals surface area contributed by atoms with Crippen molar-refractivity contribution < 1.29 is 28.3 Å². The monoisotopic (exact) mass is 614 g/mol. The van der Waals surface area contributed by atoms with Crippen molar-refractivity contribution in [3.8, 4) is 0 Å². The zero-order valence-corrected chi connectivity index (χ0v) is 28.6. The van der Waals surface area contributed by atoms with Crippen LogP contribution in [0.3, 0.4) is 0 Å². The first-order chi connectivity index (χ1) is 20.1. The van der Waals surface area contributed by atoms with Crippen molar-refractivity contribution in [3.05, 3.63) is 35.9 Å². The second-order valence-electron chi connectivity index (χ2n) is 14.3. The van der Waals surface area contributed by atoms with Crippen molar-refractivity contribution >= 4 is 31.9 Å². The number of ether oxygens (including phenoxy) is 1. The molecule has 2 saturated heterocycles. The first-order valence-electron chi connectivity index (χ1n) is 16.1. The maximum absolute atomic E-state index is 14.0. The lowest BCUT2D eigenvalue weighted by molar-refractivity contribution is -0.163. The summed E-state index contributed by atoms with van der Waals surface area (Å²) in [6, 6.07) is 8.17. The van der Waals surface area contributed by atoms with Crippen molar-refractivity contribution in [2.75, 3.05) is 6.54 Å². The van der Waals surface area contributed by atoms with Gasteiger partial charge in [-0.05, 0) is 62.2 Å². The van der Waals surface area contributed by atoms with E-state index in [0.717, 1.165) is 24.8 Å². The van der Waals surface area contributed by atoms with Gasteiger partial charge in [0, 0.05) is 25.8 Å². The molecule has 240 valence electrons. The molecule has 8 nitrogen and oxygen atoms in total. The molecule has 2 aliphatic rings. The molecule has 1 aromatic rings. The number of hydrogen-bond donors (Lipinski definition) is 1. The van der Waals surface area contributed by atoms with Crippen LogP contribution in [0.1, 0.15) is 92.1 Å². The van der Waals surface area contributed by atoms with Gasteiger partial charge in [-0.3, -0.25) is 9.59 Å². The summed E-state index contributed by atoms with van der Waals surface area (Å²) in [6.45, 7) is 16.8. The van der Waals surface area contributed by atoms with Crippen molar-refractivity contribution in [2.24, 2.45) is 11.8 Å². The molecule has 0 radical (unpaired) electrons. The number of nitrogens with one attached hydrogen (secondary N) is 1. The second kappa shape index (κ2) is 15.0. The fraction of sp³-hybridized carbons (Fsp3) is 0.706. The molecule has 2 amide bonds. The van der Waals surface area contributed by atoms with Crippen LogP contribution < -0.4 is 5.32 Å². The highest BCUT2D eigenvalue weighted by Crippen LogP contribution is 2.39. The molecule has 6 atom stereocenters. The Morgan fingerprint density at radius 1 is 1.14 bits per heavy atom. The highest BCUT2D eigenvalue weighted by atomic mass is 28.4. The molecule has 3 rings (SSSR count).